The topological polar surface area (TPSA) is 40.7 Å². The lowest BCUT2D eigenvalue weighted by Gasteiger charge is -2.11. The summed E-state index contributed by atoms with van der Waals surface area (Å²) in [6, 6.07) is 0. The molecule has 0 saturated heterocycles. The maximum atomic E-state index is 3.91. The van der Waals surface area contributed by atoms with Crippen molar-refractivity contribution >= 4 is 30.4 Å². The van der Waals surface area contributed by atoms with Gasteiger partial charge in [-0.25, -0.2) is 0 Å². The van der Waals surface area contributed by atoms with Crippen LogP contribution in [0.15, 0.2) is 18.5 Å². The summed E-state index contributed by atoms with van der Waals surface area (Å²) in [5.41, 5.74) is 2.63. The molecule has 1 aliphatic rings. The van der Waals surface area contributed by atoms with E-state index < -0.39 is 0 Å². The lowest BCUT2D eigenvalue weighted by molar-refractivity contribution is 0.738. The van der Waals surface area contributed by atoms with Crippen LogP contribution >= 0.6 is 24.8 Å². The molecule has 0 aromatic carbocycles. The Bertz CT molecular complexity index is 256. The normalized spacial score (nSPS) is 15.2. The molecular formula is C8H13Cl2N3. The number of H-pyrrole nitrogens is 1. The van der Waals surface area contributed by atoms with Gasteiger partial charge in [0, 0.05) is 18.3 Å². The minimum atomic E-state index is 0. The molecule has 0 atom stereocenters. The van der Waals surface area contributed by atoms with E-state index in [1.165, 1.54) is 11.1 Å². The van der Waals surface area contributed by atoms with E-state index in [0.29, 0.717) is 0 Å². The first-order valence-electron chi connectivity index (χ1n) is 3.86. The zero-order chi connectivity index (χ0) is 7.52. The summed E-state index contributed by atoms with van der Waals surface area (Å²) in [5.74, 6) is 0. The molecule has 0 saturated carbocycles. The van der Waals surface area contributed by atoms with Gasteiger partial charge in [0.25, 0.3) is 0 Å². The average molecular weight is 222 g/mol. The summed E-state index contributed by atoms with van der Waals surface area (Å²) in [7, 11) is 0. The molecule has 1 aliphatic heterocycles. The number of rotatable bonds is 1. The number of hydrogen-bond donors (Lipinski definition) is 2. The molecule has 0 fully saturated rings. The van der Waals surface area contributed by atoms with Crippen LogP contribution in [0.1, 0.15) is 12.0 Å². The van der Waals surface area contributed by atoms with E-state index in [2.05, 4.69) is 21.6 Å². The van der Waals surface area contributed by atoms with Crippen molar-refractivity contribution in [2.24, 2.45) is 0 Å². The quantitative estimate of drug-likeness (QED) is 0.758. The van der Waals surface area contributed by atoms with Crippen molar-refractivity contribution in [2.75, 3.05) is 13.1 Å². The highest BCUT2D eigenvalue weighted by Crippen LogP contribution is 2.17. The van der Waals surface area contributed by atoms with Crippen LogP contribution < -0.4 is 5.32 Å². The molecule has 1 aromatic rings. The van der Waals surface area contributed by atoms with Gasteiger partial charge in [-0.15, -0.1) is 24.8 Å². The molecule has 0 amide bonds. The van der Waals surface area contributed by atoms with Crippen LogP contribution in [0.2, 0.25) is 0 Å². The average Bonchev–Trinajstić information content (AvgIpc) is 2.58. The SMILES string of the molecule is C1=C(c2cn[nH]c2)CCNC1.Cl.Cl. The summed E-state index contributed by atoms with van der Waals surface area (Å²) in [6.07, 6.45) is 7.14. The highest BCUT2D eigenvalue weighted by molar-refractivity contribution is 5.85. The van der Waals surface area contributed by atoms with Crippen LogP contribution in [0.3, 0.4) is 0 Å². The molecule has 2 N–H and O–H groups in total. The number of aromatic amines is 1. The predicted octanol–water partition coefficient (Wildman–Crippen LogP) is 1.63. The Morgan fingerprint density at radius 3 is 2.69 bits per heavy atom. The van der Waals surface area contributed by atoms with Crippen molar-refractivity contribution in [3.63, 3.8) is 0 Å². The number of halogens is 2. The third-order valence-electron chi connectivity index (χ3n) is 1.93. The highest BCUT2D eigenvalue weighted by atomic mass is 35.5. The molecule has 0 aliphatic carbocycles. The lowest BCUT2D eigenvalue weighted by atomic mass is 10.0. The number of aromatic nitrogens is 2. The van der Waals surface area contributed by atoms with Gasteiger partial charge in [-0.2, -0.15) is 5.10 Å². The first-order valence-corrected chi connectivity index (χ1v) is 3.86. The first-order chi connectivity index (χ1) is 5.47. The van der Waals surface area contributed by atoms with Crippen LogP contribution in [-0.4, -0.2) is 23.3 Å². The van der Waals surface area contributed by atoms with E-state index >= 15 is 0 Å². The number of hydrogen-bond acceptors (Lipinski definition) is 2. The maximum Gasteiger partial charge on any atom is 0.0562 e. The monoisotopic (exact) mass is 221 g/mol. The van der Waals surface area contributed by atoms with Crippen molar-refractivity contribution in [3.05, 3.63) is 24.0 Å². The first kappa shape index (κ1) is 12.5. The van der Waals surface area contributed by atoms with Crippen molar-refractivity contribution in [2.45, 2.75) is 6.42 Å². The highest BCUT2D eigenvalue weighted by Gasteiger charge is 2.05. The van der Waals surface area contributed by atoms with E-state index in [1.54, 1.807) is 0 Å². The van der Waals surface area contributed by atoms with Crippen molar-refractivity contribution in [1.29, 1.82) is 0 Å². The van der Waals surface area contributed by atoms with Gasteiger partial charge in [0.1, 0.15) is 0 Å². The second-order valence-electron chi connectivity index (χ2n) is 2.67. The Balaban J connectivity index is 0.000000720. The summed E-state index contributed by atoms with van der Waals surface area (Å²) in [5, 5.41) is 10.00. The molecule has 2 rings (SSSR count). The Labute approximate surface area is 89.8 Å². The zero-order valence-corrected chi connectivity index (χ0v) is 8.75. The van der Waals surface area contributed by atoms with Gasteiger partial charge < -0.3 is 5.32 Å². The molecule has 5 heteroatoms. The van der Waals surface area contributed by atoms with Gasteiger partial charge in [-0.1, -0.05) is 6.08 Å². The molecule has 1 aromatic heterocycles. The molecule has 2 heterocycles. The third-order valence-corrected chi connectivity index (χ3v) is 1.93. The molecule has 3 nitrogen and oxygen atoms in total. The summed E-state index contributed by atoms with van der Waals surface area (Å²) >= 11 is 0. The van der Waals surface area contributed by atoms with Crippen molar-refractivity contribution in [3.8, 4) is 0 Å². The Kier molecular flexibility index (Phi) is 5.79. The Hall–Kier alpha value is -0.510. The Morgan fingerprint density at radius 2 is 2.15 bits per heavy atom. The predicted molar refractivity (Wildman–Crippen MR) is 58.5 cm³/mol. The van der Waals surface area contributed by atoms with Crippen LogP contribution in [0.5, 0.6) is 0 Å². The fraction of sp³-hybridized carbons (Fsp3) is 0.375. The standard InChI is InChI=1S/C8H11N3.2ClH/c1-3-9-4-2-7(1)8-5-10-11-6-8;;/h1,5-6,9H,2-4H2,(H,10,11);2*1H. The zero-order valence-electron chi connectivity index (χ0n) is 7.12. The summed E-state index contributed by atoms with van der Waals surface area (Å²) in [6.45, 7) is 2.07. The minimum absolute atomic E-state index is 0. The van der Waals surface area contributed by atoms with Crippen LogP contribution in [0, 0.1) is 0 Å². The third kappa shape index (κ3) is 3.03. The van der Waals surface area contributed by atoms with Gasteiger partial charge >= 0.3 is 0 Å². The fourth-order valence-corrected chi connectivity index (χ4v) is 1.31. The fourth-order valence-electron chi connectivity index (χ4n) is 1.31. The minimum Gasteiger partial charge on any atom is -0.313 e. The Morgan fingerprint density at radius 1 is 1.31 bits per heavy atom. The molecule has 0 unspecified atom stereocenters. The van der Waals surface area contributed by atoms with Gasteiger partial charge in [-0.3, -0.25) is 5.10 Å². The van der Waals surface area contributed by atoms with E-state index in [4.69, 9.17) is 0 Å². The van der Waals surface area contributed by atoms with E-state index in [-0.39, 0.29) is 24.8 Å². The van der Waals surface area contributed by atoms with Crippen LogP contribution in [0.4, 0.5) is 0 Å². The largest absolute Gasteiger partial charge is 0.313 e. The molecular weight excluding hydrogens is 209 g/mol. The summed E-state index contributed by atoms with van der Waals surface area (Å²) in [4.78, 5) is 0. The van der Waals surface area contributed by atoms with E-state index in [9.17, 15) is 0 Å². The van der Waals surface area contributed by atoms with Crippen LogP contribution in [-0.2, 0) is 0 Å². The van der Waals surface area contributed by atoms with Gasteiger partial charge in [0.15, 0.2) is 0 Å². The lowest BCUT2D eigenvalue weighted by Crippen LogP contribution is -2.19. The second kappa shape index (κ2) is 6.02. The van der Waals surface area contributed by atoms with Crippen molar-refractivity contribution < 1.29 is 0 Å². The molecule has 0 radical (unpaired) electrons. The van der Waals surface area contributed by atoms with Crippen molar-refractivity contribution in [1.82, 2.24) is 15.5 Å². The molecule has 0 bridgehead atoms. The smallest absolute Gasteiger partial charge is 0.0562 e. The molecule has 0 spiro atoms. The number of nitrogens with one attached hydrogen (secondary N) is 2. The van der Waals surface area contributed by atoms with E-state index in [1.807, 2.05) is 12.4 Å². The van der Waals surface area contributed by atoms with Crippen LogP contribution in [0.25, 0.3) is 5.57 Å². The van der Waals surface area contributed by atoms with Gasteiger partial charge in [-0.05, 0) is 18.5 Å². The summed E-state index contributed by atoms with van der Waals surface area (Å²) < 4.78 is 0. The number of nitrogens with zero attached hydrogens (tertiary/aromatic N) is 1. The van der Waals surface area contributed by atoms with Gasteiger partial charge in [0.05, 0.1) is 6.20 Å². The second-order valence-corrected chi connectivity index (χ2v) is 2.67. The maximum absolute atomic E-state index is 3.91. The molecule has 74 valence electrons. The van der Waals surface area contributed by atoms with E-state index in [0.717, 1.165) is 19.5 Å². The molecule has 13 heavy (non-hydrogen) atoms. The van der Waals surface area contributed by atoms with Gasteiger partial charge in [0.2, 0.25) is 0 Å².